The molecule has 2 saturated heterocycles. The van der Waals surface area contributed by atoms with E-state index >= 15 is 0 Å². The van der Waals surface area contributed by atoms with E-state index in [0.29, 0.717) is 96.6 Å². The lowest BCUT2D eigenvalue weighted by Crippen LogP contribution is -2.43. The molecule has 9 aromatic rings. The zero-order valence-electron chi connectivity index (χ0n) is 56.2. The number of benzene rings is 6. The van der Waals surface area contributed by atoms with Crippen LogP contribution in [-0.4, -0.2) is 131 Å². The maximum absolute atomic E-state index is 13.1. The van der Waals surface area contributed by atoms with Crippen LogP contribution in [0, 0.1) is 11.8 Å². The number of nitrogens with one attached hydrogen (secondary N) is 3. The summed E-state index contributed by atoms with van der Waals surface area (Å²) < 4.78 is 61.5. The molecule has 0 aliphatic carbocycles. The fraction of sp³-hybridized carbons (Fsp3) is 0.296. The van der Waals surface area contributed by atoms with Gasteiger partial charge in [-0.1, -0.05) is 108 Å². The van der Waals surface area contributed by atoms with Gasteiger partial charge in [0.15, 0.2) is 0 Å². The predicted octanol–water partition coefficient (Wildman–Crippen LogP) is 14.8. The molecule has 1 atom stereocenters. The van der Waals surface area contributed by atoms with E-state index in [4.69, 9.17) is 71.7 Å². The minimum absolute atomic E-state index is 0.0401. The van der Waals surface area contributed by atoms with Crippen molar-refractivity contribution in [1.29, 1.82) is 0 Å². The number of para-hydroxylation sites is 4. The van der Waals surface area contributed by atoms with Gasteiger partial charge in [-0.15, -0.1) is 0 Å². The van der Waals surface area contributed by atoms with Crippen molar-refractivity contribution in [2.24, 2.45) is 11.8 Å². The first kappa shape index (κ1) is 74.6. The molecule has 1 unspecified atom stereocenters. The number of nitrogens with two attached hydrogens (primary N) is 1. The number of carbonyl (C=O) groups is 4. The summed E-state index contributed by atoms with van der Waals surface area (Å²) in [5.41, 5.74) is 15.6. The highest BCUT2D eigenvalue weighted by atomic mass is 35.5. The number of halogens is 3. The van der Waals surface area contributed by atoms with E-state index in [2.05, 4.69) is 108 Å². The highest BCUT2D eigenvalue weighted by Gasteiger charge is 2.34. The number of fused-ring (bicyclic) bond motifs is 2. The van der Waals surface area contributed by atoms with Gasteiger partial charge in [0.2, 0.25) is 17.8 Å². The normalized spacial score (nSPS) is 14.3. The van der Waals surface area contributed by atoms with Gasteiger partial charge in [0, 0.05) is 102 Å². The molecule has 28 heteroatoms. The maximum Gasteiger partial charge on any atom is 0.410 e. The topological polar surface area (TPSA) is 304 Å². The van der Waals surface area contributed by atoms with Crippen LogP contribution < -0.4 is 26.6 Å². The lowest BCUT2D eigenvalue weighted by atomic mass is 9.96. The Bertz CT molecular complexity index is 4290. The van der Waals surface area contributed by atoms with Gasteiger partial charge in [0.1, 0.15) is 11.2 Å². The Morgan fingerprint density at radius 3 is 1.68 bits per heavy atom. The van der Waals surface area contributed by atoms with Crippen LogP contribution in [0.1, 0.15) is 85.8 Å². The average molecular weight is 1430 g/mol. The van der Waals surface area contributed by atoms with Crippen molar-refractivity contribution < 1.29 is 56.4 Å². The third kappa shape index (κ3) is 21.9. The van der Waals surface area contributed by atoms with Crippen LogP contribution in [0.5, 0.6) is 0 Å². The van der Waals surface area contributed by atoms with Crippen molar-refractivity contribution in [2.45, 2.75) is 84.3 Å². The highest BCUT2D eigenvalue weighted by Crippen LogP contribution is 2.45. The van der Waals surface area contributed by atoms with Gasteiger partial charge in [-0.3, -0.25) is 14.0 Å². The Hall–Kier alpha value is -10.2. The summed E-state index contributed by atoms with van der Waals surface area (Å²) in [4.78, 5) is 71.8. The summed E-state index contributed by atoms with van der Waals surface area (Å²) in [5.74, 6) is -0.448. The zero-order valence-corrected chi connectivity index (χ0v) is 58.3. The van der Waals surface area contributed by atoms with Gasteiger partial charge < -0.3 is 55.5 Å². The number of piperidine rings is 2. The molecular weight excluding hydrogens is 1350 g/mol. The number of alkyl halides is 1. The van der Waals surface area contributed by atoms with Crippen molar-refractivity contribution in [2.75, 3.05) is 66.5 Å². The number of carbonyl (C=O) groups excluding carboxylic acids is 3. The van der Waals surface area contributed by atoms with Gasteiger partial charge in [-0.05, 0) is 146 Å². The smallest absolute Gasteiger partial charge is 0.410 e. The van der Waals surface area contributed by atoms with Crippen molar-refractivity contribution in [3.63, 3.8) is 0 Å². The molecular formula is C71H77Cl2FN12O11S2. The minimum Gasteiger partial charge on any atom is -0.481 e. The van der Waals surface area contributed by atoms with Crippen molar-refractivity contribution in [3.05, 3.63) is 198 Å². The number of hydrogen-bond donors (Lipinski definition) is 5. The number of nitrogen functional groups attached to an aromatic ring is 1. The lowest BCUT2D eigenvalue weighted by molar-refractivity contribution is -0.143. The standard InChI is InChI=1S/C35H35ClN6O3.C24H20ClN5.C11H19NO4.CH3F.2O2S/c1-35(2,3)45-34(44)41-18-16-23(17-19-41)32(43)38-24-10-9-11-25(20-24)39-33-37-21-29(36)31(40-33)28-22-42(26-12-5-4-6-13-26)30-15-8-7-14-27(28)30;25-21-14-27-24(28-17-8-6-7-16(26)13-17)29-23(21)20-15-30(18-9-2-1-3-10-18)22-12-5-4-11-19(20)22;1-11(2,3)16-10(15)12-6-4-8(5-7-12)9(13)14;1-2;2*1-3-2/h4-15,20-23H,16-19H2,1-3H3,(H,38,43)(H,37,39,40);1-14,20H,15,26H2,(H,27,28,29);8H,4-7H2,1-3H3,(H,13,14);1H3;;/i;;;1D;;. The van der Waals surface area contributed by atoms with E-state index in [-0.39, 0.29) is 35.8 Å². The third-order valence-electron chi connectivity index (χ3n) is 15.4. The molecule has 6 N–H and O–H groups in total. The molecule has 99 heavy (non-hydrogen) atoms. The average Bonchev–Trinajstić information content (AvgIpc) is 1.62. The molecule has 0 spiro atoms. The zero-order chi connectivity index (χ0) is 72.5. The van der Waals surface area contributed by atoms with Crippen LogP contribution in [0.15, 0.2) is 176 Å². The van der Waals surface area contributed by atoms with Gasteiger partial charge in [-0.2, -0.15) is 16.8 Å². The van der Waals surface area contributed by atoms with Gasteiger partial charge in [0.05, 0.1) is 53.8 Å². The van der Waals surface area contributed by atoms with Crippen LogP contribution >= 0.6 is 23.2 Å². The van der Waals surface area contributed by atoms with Crippen LogP contribution in [0.25, 0.3) is 27.8 Å². The van der Waals surface area contributed by atoms with Crippen molar-refractivity contribution >= 4 is 127 Å². The molecule has 3 aliphatic rings. The fourth-order valence-corrected chi connectivity index (χ4v) is 11.5. The number of carboxylic acid groups (broad SMARTS) is 1. The highest BCUT2D eigenvalue weighted by molar-refractivity contribution is 7.52. The van der Waals surface area contributed by atoms with Crippen molar-refractivity contribution in [3.8, 4) is 16.9 Å². The number of aromatic nitrogens is 5. The molecule has 2 fully saturated rings. The second-order valence-electron chi connectivity index (χ2n) is 24.5. The first-order valence-corrected chi connectivity index (χ1v) is 33.3. The van der Waals surface area contributed by atoms with E-state index in [0.717, 1.165) is 45.8 Å². The van der Waals surface area contributed by atoms with Crippen LogP contribution in [0.4, 0.5) is 60.0 Å². The Balaban J connectivity index is 0.000000218. The van der Waals surface area contributed by atoms with Gasteiger partial charge in [0.25, 0.3) is 0 Å². The Kier molecular flexibility index (Phi) is 27.5. The number of anilines is 8. The molecule has 3 aliphatic heterocycles. The number of hydrogen-bond acceptors (Lipinski definition) is 18. The Morgan fingerprint density at radius 2 is 1.11 bits per heavy atom. The van der Waals surface area contributed by atoms with E-state index in [1.807, 2.05) is 133 Å². The maximum atomic E-state index is 13.1. The molecule has 23 nitrogen and oxygen atoms in total. The summed E-state index contributed by atoms with van der Waals surface area (Å²) >= 11 is 11.7. The molecule has 3 aromatic heterocycles. The number of amides is 3. The van der Waals surface area contributed by atoms with Crippen LogP contribution in [0.3, 0.4) is 0 Å². The third-order valence-corrected chi connectivity index (χ3v) is 16.0. The summed E-state index contributed by atoms with van der Waals surface area (Å²) in [7, 11) is -1.00. The quantitative estimate of drug-likeness (QED) is 0.0752. The van der Waals surface area contributed by atoms with E-state index in [9.17, 15) is 23.6 Å². The molecule has 0 saturated carbocycles. The number of likely N-dealkylation sites (tertiary alicyclic amines) is 2. The van der Waals surface area contributed by atoms with E-state index < -0.39 is 47.5 Å². The van der Waals surface area contributed by atoms with Crippen LogP contribution in [-0.2, 0) is 42.2 Å². The van der Waals surface area contributed by atoms with Crippen molar-refractivity contribution in [1.82, 2.24) is 34.3 Å². The number of carboxylic acids is 1. The molecule has 3 amide bonds. The molecule has 12 rings (SSSR count). The van der Waals surface area contributed by atoms with Crippen LogP contribution in [0.2, 0.25) is 10.0 Å². The lowest BCUT2D eigenvalue weighted by Gasteiger charge is -2.32. The summed E-state index contributed by atoms with van der Waals surface area (Å²) in [5, 5.41) is 20.4. The monoisotopic (exact) mass is 1430 g/mol. The summed E-state index contributed by atoms with van der Waals surface area (Å²) in [6.07, 6.45) is 6.78. The largest absolute Gasteiger partial charge is 0.481 e. The van der Waals surface area contributed by atoms with E-state index in [1.165, 1.54) is 11.3 Å². The summed E-state index contributed by atoms with van der Waals surface area (Å²) in [6.45, 7) is 13.6. The number of ether oxygens (including phenoxy) is 2. The Morgan fingerprint density at radius 1 is 0.626 bits per heavy atom. The number of nitrogens with zero attached hydrogens (tertiary/aromatic N) is 8. The molecule has 520 valence electrons. The van der Waals surface area contributed by atoms with E-state index in [1.54, 1.807) is 22.2 Å². The minimum atomic E-state index is -1.00. The number of rotatable bonds is 11. The summed E-state index contributed by atoms with van der Waals surface area (Å²) in [6, 6.07) is 52.0. The molecule has 0 bridgehead atoms. The van der Waals surface area contributed by atoms with Gasteiger partial charge in [-0.25, -0.2) is 29.5 Å². The number of aliphatic carboxylic acids is 1. The second kappa shape index (κ2) is 36.4. The molecule has 6 aromatic carbocycles. The Labute approximate surface area is 591 Å². The molecule has 0 radical (unpaired) electrons. The predicted molar refractivity (Wildman–Crippen MR) is 384 cm³/mol. The fourth-order valence-electron chi connectivity index (χ4n) is 11.0. The molecule has 6 heterocycles. The first-order valence-electron chi connectivity index (χ1n) is 31.9. The van der Waals surface area contributed by atoms with Gasteiger partial charge >= 0.3 is 41.3 Å². The first-order chi connectivity index (χ1) is 47.9. The SMILES string of the molecule is CC(C)(C)OC(=O)N1CCC(C(=O)Nc2cccc(Nc3ncc(Cl)c(-c4cn(-c5ccccc5)c5ccccc45)n3)c2)CC1.CC(C)(C)OC(=O)N1CCC(C(=O)O)CC1.Nc1cccc(Nc2ncc(Cl)c(C3CN(c4ccccc4)c4ccccc43)n2)c1.O=S=O.O=S=O.[2H]CF. The second-order valence-corrected chi connectivity index (χ2v) is 25.6.